The number of ether oxygens (including phenoxy) is 2. The highest BCUT2D eigenvalue weighted by molar-refractivity contribution is 7.99. The Hall–Kier alpha value is -7.30. The average molecular weight is 1310 g/mol. The van der Waals surface area contributed by atoms with Crippen molar-refractivity contribution in [3.05, 3.63) is 76.9 Å². The third-order valence-electron chi connectivity index (χ3n) is 12.0. The summed E-state index contributed by atoms with van der Waals surface area (Å²) in [5, 5.41) is 46.2. The number of nitrogens with zero attached hydrogens (tertiary/aromatic N) is 10. The van der Waals surface area contributed by atoms with Gasteiger partial charge in [0.25, 0.3) is 60.7 Å². The Bertz CT molecular complexity index is 4970. The standard InChI is InChI=1S/C45H40N10O21S8/c1-21-13-30(50-53-39-22(2)27(20-46)43-47-28-7-8-36(82(66,67)68)23(3)41(28)55(43)44(39)56)34(76-9-5-11-79(57,58)59)17-29(21)49-52-32-18-33(75-4)31(19-35(32)77-10-6-12-80(60,61)62)51-54-45-48-40-38(84(72,73)74)16-25-26(42(40)78-45)14-24(81(63,64)65)15-37(25)83(69,70)71/h7-8,13-19,56H,5-6,9-12H2,1-4H3,(H,57,58,59)(H,60,61,62)(H,63,64,65)(H,66,67,68)(H,69,70,71)(H,72,73,74). The molecular formula is C45H40N10O21S8. The molecule has 0 bridgehead atoms. The van der Waals surface area contributed by atoms with Crippen LogP contribution in [-0.2, 0) is 60.7 Å². The number of aryl methyl sites for hydroxylation is 2. The molecule has 84 heavy (non-hydrogen) atoms. The number of aromatic hydroxyl groups is 1. The zero-order valence-electron chi connectivity index (χ0n) is 43.0. The number of aromatic nitrogens is 3. The number of hydrogen-bond acceptors (Lipinski definition) is 26. The summed E-state index contributed by atoms with van der Waals surface area (Å²) in [6.45, 7) is 4.00. The number of thiazole rings is 1. The summed E-state index contributed by atoms with van der Waals surface area (Å²) in [5.41, 5.74) is -0.530. The lowest BCUT2D eigenvalue weighted by atomic mass is 10.1. The summed E-state index contributed by atoms with van der Waals surface area (Å²) in [6.07, 6.45) is -0.332. The first kappa shape index (κ1) is 62.7. The van der Waals surface area contributed by atoms with Gasteiger partial charge in [0.2, 0.25) is 11.0 Å². The Kier molecular flexibility index (Phi) is 17.4. The van der Waals surface area contributed by atoms with Gasteiger partial charge in [-0.2, -0.15) is 60.9 Å². The van der Waals surface area contributed by atoms with E-state index in [-0.39, 0.29) is 113 Å². The van der Waals surface area contributed by atoms with Crippen molar-refractivity contribution in [1.82, 2.24) is 14.4 Å². The number of nitriles is 1. The molecule has 31 nitrogen and oxygen atoms in total. The lowest BCUT2D eigenvalue weighted by molar-refractivity contribution is 0.317. The number of benzene rings is 5. The van der Waals surface area contributed by atoms with Gasteiger partial charge >= 0.3 is 0 Å². The first-order valence-corrected chi connectivity index (χ1v) is 33.9. The highest BCUT2D eigenvalue weighted by atomic mass is 32.2. The third-order valence-corrected chi connectivity index (χ3v) is 19.3. The van der Waals surface area contributed by atoms with E-state index < -0.39 is 114 Å². The number of hydrogen-bond donors (Lipinski definition) is 7. The first-order valence-electron chi connectivity index (χ1n) is 23.2. The molecule has 0 aliphatic rings. The molecule has 444 valence electrons. The molecule has 3 aromatic heterocycles. The molecule has 3 heterocycles. The average Bonchev–Trinajstić information content (AvgIpc) is 2.25. The fourth-order valence-electron chi connectivity index (χ4n) is 8.27. The number of fused-ring (bicyclic) bond motifs is 6. The monoisotopic (exact) mass is 1310 g/mol. The summed E-state index contributed by atoms with van der Waals surface area (Å²) in [5.74, 6) is -2.16. The summed E-state index contributed by atoms with van der Waals surface area (Å²) in [7, 11) is -28.1. The van der Waals surface area contributed by atoms with Gasteiger partial charge in [0.1, 0.15) is 55.5 Å². The fourth-order valence-corrected chi connectivity index (χ4v) is 14.1. The van der Waals surface area contributed by atoms with Crippen LogP contribution in [0.3, 0.4) is 0 Å². The minimum Gasteiger partial charge on any atom is -0.494 e. The lowest BCUT2D eigenvalue weighted by Gasteiger charge is -2.12. The van der Waals surface area contributed by atoms with Crippen molar-refractivity contribution in [2.24, 2.45) is 30.7 Å². The molecule has 0 spiro atoms. The van der Waals surface area contributed by atoms with Crippen LogP contribution in [0.2, 0.25) is 0 Å². The van der Waals surface area contributed by atoms with Crippen molar-refractivity contribution >= 4 is 155 Å². The summed E-state index contributed by atoms with van der Waals surface area (Å²) in [4.78, 5) is 5.08. The van der Waals surface area contributed by atoms with Gasteiger partial charge in [-0.3, -0.25) is 31.7 Å². The minimum absolute atomic E-state index is 0.0127. The van der Waals surface area contributed by atoms with Gasteiger partial charge in [0.05, 0.1) is 56.4 Å². The van der Waals surface area contributed by atoms with Crippen molar-refractivity contribution in [3.8, 4) is 23.4 Å². The van der Waals surface area contributed by atoms with Gasteiger partial charge < -0.3 is 14.6 Å². The SMILES string of the molecule is COc1cc(N=Nc2cc(OCCCS(=O)(=O)O)c(N=Nc3c(C)c(C#N)c4nc5ccc(S(=O)(=O)O)c(C)c5n4c3O)cc2C)c(SCCCS(=O)(=O)O)cc1N=Nc1nc2c(S(=O)(=O)O)cc3c(S(=O)(=O)O)cc(S(=O)(=O)O)cc3c2s1. The predicted octanol–water partition coefficient (Wildman–Crippen LogP) is 9.02. The number of rotatable bonds is 21. The Labute approximate surface area is 484 Å². The zero-order valence-corrected chi connectivity index (χ0v) is 49.6. The van der Waals surface area contributed by atoms with E-state index in [1.54, 1.807) is 6.92 Å². The van der Waals surface area contributed by atoms with E-state index in [4.69, 9.17) is 9.47 Å². The van der Waals surface area contributed by atoms with E-state index in [9.17, 15) is 88.2 Å². The quantitative estimate of drug-likeness (QED) is 0.0153. The minimum atomic E-state index is -5.33. The van der Waals surface area contributed by atoms with E-state index in [2.05, 4.69) is 40.7 Å². The molecule has 0 amide bonds. The smallest absolute Gasteiger partial charge is 0.296 e. The van der Waals surface area contributed by atoms with Crippen LogP contribution in [0.4, 0.5) is 33.6 Å². The molecule has 7 N–H and O–H groups in total. The van der Waals surface area contributed by atoms with Crippen LogP contribution in [0.25, 0.3) is 37.7 Å². The van der Waals surface area contributed by atoms with E-state index in [1.165, 1.54) is 51.3 Å². The molecule has 0 saturated carbocycles. The molecule has 0 aliphatic carbocycles. The van der Waals surface area contributed by atoms with Crippen molar-refractivity contribution in [2.45, 2.75) is 58.1 Å². The van der Waals surface area contributed by atoms with Crippen LogP contribution in [0.15, 0.2) is 110 Å². The second kappa shape index (κ2) is 23.3. The first-order chi connectivity index (χ1) is 39.0. The van der Waals surface area contributed by atoms with Crippen LogP contribution in [0, 0.1) is 32.1 Å². The lowest BCUT2D eigenvalue weighted by Crippen LogP contribution is -2.08. The number of thioether (sulfide) groups is 1. The van der Waals surface area contributed by atoms with Crippen molar-refractivity contribution < 1.29 is 92.4 Å². The molecule has 8 rings (SSSR count). The Morgan fingerprint density at radius 1 is 0.643 bits per heavy atom. The number of pyridine rings is 1. The van der Waals surface area contributed by atoms with Gasteiger partial charge in [0, 0.05) is 33.4 Å². The number of azo groups is 3. The summed E-state index contributed by atoms with van der Waals surface area (Å²) in [6, 6.07) is 11.5. The predicted molar refractivity (Wildman–Crippen MR) is 300 cm³/mol. The molecule has 0 unspecified atom stereocenters. The Morgan fingerprint density at radius 3 is 1.87 bits per heavy atom. The Balaban J connectivity index is 1.22. The largest absolute Gasteiger partial charge is 0.494 e. The maximum absolute atomic E-state index is 12.6. The molecule has 0 aliphatic heterocycles. The molecule has 0 atom stereocenters. The van der Waals surface area contributed by atoms with Gasteiger partial charge in [-0.1, -0.05) is 11.3 Å². The van der Waals surface area contributed by atoms with E-state index in [0.717, 1.165) is 28.3 Å². The maximum atomic E-state index is 12.6. The highest BCUT2D eigenvalue weighted by Gasteiger charge is 2.29. The summed E-state index contributed by atoms with van der Waals surface area (Å²) < 4.78 is 216. The van der Waals surface area contributed by atoms with Crippen molar-refractivity contribution in [2.75, 3.05) is 31.0 Å². The van der Waals surface area contributed by atoms with Crippen LogP contribution < -0.4 is 9.47 Å². The normalized spacial score (nSPS) is 13.2. The second-order valence-electron chi connectivity index (χ2n) is 17.8. The van der Waals surface area contributed by atoms with Crippen LogP contribution in [-0.4, -0.2) is 128 Å². The number of imidazole rings is 1. The molecule has 8 aromatic rings. The molecule has 0 radical (unpaired) electrons. The second-order valence-corrected chi connectivity index (χ2v) is 28.6. The van der Waals surface area contributed by atoms with Gasteiger partial charge in [-0.05, 0) is 93.0 Å². The highest BCUT2D eigenvalue weighted by Crippen LogP contribution is 2.46. The van der Waals surface area contributed by atoms with Gasteiger partial charge in [-0.25, -0.2) is 9.97 Å². The molecule has 39 heteroatoms. The summed E-state index contributed by atoms with van der Waals surface area (Å²) >= 11 is 1.50. The van der Waals surface area contributed by atoms with Crippen molar-refractivity contribution in [3.63, 3.8) is 0 Å². The zero-order chi connectivity index (χ0) is 61.8. The molecule has 0 saturated heterocycles. The number of methoxy groups -OCH3 is 1. The fraction of sp³-hybridized carbons (Fsp3) is 0.222. The van der Waals surface area contributed by atoms with Crippen LogP contribution >= 0.6 is 23.1 Å². The van der Waals surface area contributed by atoms with E-state index in [0.29, 0.717) is 29.0 Å². The Morgan fingerprint density at radius 2 is 1.25 bits per heavy atom. The van der Waals surface area contributed by atoms with Gasteiger partial charge in [-0.15, -0.1) is 37.3 Å². The third kappa shape index (κ3) is 13.6. The van der Waals surface area contributed by atoms with Crippen LogP contribution in [0.5, 0.6) is 17.4 Å². The topological polar surface area (TPSA) is 493 Å². The van der Waals surface area contributed by atoms with Gasteiger partial charge in [0.15, 0.2) is 11.3 Å². The van der Waals surface area contributed by atoms with E-state index in [1.807, 2.05) is 6.07 Å². The van der Waals surface area contributed by atoms with Crippen LogP contribution in [0.1, 0.15) is 35.1 Å². The molecular weight excluding hydrogens is 1270 g/mol. The van der Waals surface area contributed by atoms with Crippen molar-refractivity contribution in [1.29, 1.82) is 5.26 Å². The molecule has 0 fully saturated rings. The van der Waals surface area contributed by atoms with E-state index >= 15 is 0 Å². The molecule has 5 aromatic carbocycles. The maximum Gasteiger partial charge on any atom is 0.296 e.